The second kappa shape index (κ2) is 29.1. The molecule has 2 aliphatic rings. The topological polar surface area (TPSA) is 201 Å². The fourth-order valence-electron chi connectivity index (χ4n) is 8.26. The molecule has 374 valence electrons. The number of pyridine rings is 4. The van der Waals surface area contributed by atoms with Gasteiger partial charge in [0.2, 0.25) is 11.5 Å². The first-order valence-electron chi connectivity index (χ1n) is 24.2. The number of nitrogens with zero attached hydrogens (tertiary/aromatic N) is 8. The van der Waals surface area contributed by atoms with Gasteiger partial charge in [-0.25, -0.2) is 4.98 Å². The molecule has 0 saturated carbocycles. The van der Waals surface area contributed by atoms with Crippen LogP contribution in [0.1, 0.15) is 118 Å². The molecule has 2 fully saturated rings. The number of halogens is 1. The monoisotopic (exact) mass is 1170 g/mol. The first-order valence-corrected chi connectivity index (χ1v) is 34.1. The van der Waals surface area contributed by atoms with E-state index in [4.69, 9.17) is 23.9 Å². The van der Waals surface area contributed by atoms with Crippen LogP contribution in [-0.2, 0) is 22.7 Å². The molecule has 0 aromatic carbocycles. The third-order valence-corrected chi connectivity index (χ3v) is 33.3. The summed E-state index contributed by atoms with van der Waals surface area (Å²) in [5, 5.41) is 24.6. The average Bonchev–Trinajstić information content (AvgIpc) is 4.11. The van der Waals surface area contributed by atoms with Crippen LogP contribution in [0, 0.1) is 20.2 Å². The molecule has 0 aliphatic carbocycles. The molecule has 70 heavy (non-hydrogen) atoms. The summed E-state index contributed by atoms with van der Waals surface area (Å²) in [6.07, 6.45) is 26.2. The van der Waals surface area contributed by atoms with Crippen LogP contribution in [-0.4, -0.2) is 84.6 Å². The zero-order valence-electron chi connectivity index (χ0n) is 40.2. The Hall–Kier alpha value is -4.54. The number of hydrogen-bond donors (Lipinski definition) is 0. The van der Waals surface area contributed by atoms with Crippen LogP contribution >= 0.6 is 38.6 Å². The maximum Gasteiger partial charge on any atom is 0.406 e. The molecule has 2 saturated heterocycles. The predicted octanol–water partition coefficient (Wildman–Crippen LogP) is 12.8. The van der Waals surface area contributed by atoms with Crippen molar-refractivity contribution in [2.24, 2.45) is 0 Å². The summed E-state index contributed by atoms with van der Waals surface area (Å²) in [5.41, 5.74) is 2.50. The molecule has 0 spiro atoms. The van der Waals surface area contributed by atoms with Gasteiger partial charge in [-0.2, -0.15) is 0 Å². The van der Waals surface area contributed by atoms with E-state index in [2.05, 4.69) is 79.2 Å². The third kappa shape index (κ3) is 16.5. The SMILES string of the molecule is CCC[CH2][Sn]([CH2]CCC)([CH2]CCC)[c]1cnc(C2CCOCC2)s1.O=[N+]([O-])c1ncc(-c2cnc(C3CCOCC3)s2)cc1OCc1ccncc1.O=[N+]([O-])c1ncc(Br)cc1OCc1ccncc1. The van der Waals surface area contributed by atoms with Crippen molar-refractivity contribution in [2.75, 3.05) is 26.4 Å². The Kier molecular flexibility index (Phi) is 22.8. The van der Waals surface area contributed by atoms with Gasteiger partial charge in [-0.3, -0.25) is 9.97 Å². The Balaban J connectivity index is 0.000000176. The molecule has 0 unspecified atom stereocenters. The number of nitro groups is 2. The van der Waals surface area contributed by atoms with Gasteiger partial charge in [0.25, 0.3) is 0 Å². The van der Waals surface area contributed by atoms with E-state index in [0.717, 1.165) is 65.8 Å². The normalized spacial score (nSPS) is 14.2. The van der Waals surface area contributed by atoms with E-state index in [1.807, 2.05) is 0 Å². The van der Waals surface area contributed by atoms with Crippen molar-refractivity contribution >= 4 is 71.5 Å². The minimum Gasteiger partial charge on any atom is -0.481 e. The molecule has 0 radical (unpaired) electrons. The molecule has 0 N–H and O–H groups in total. The summed E-state index contributed by atoms with van der Waals surface area (Å²) in [4.78, 5) is 47.0. The van der Waals surface area contributed by atoms with Crippen molar-refractivity contribution in [1.82, 2.24) is 29.9 Å². The van der Waals surface area contributed by atoms with Gasteiger partial charge < -0.3 is 34.4 Å². The molecule has 6 aromatic rings. The van der Waals surface area contributed by atoms with Gasteiger partial charge in [0.1, 0.15) is 19.4 Å². The molecule has 8 heterocycles. The summed E-state index contributed by atoms with van der Waals surface area (Å²) in [5.74, 6) is 0.747. The van der Waals surface area contributed by atoms with Crippen LogP contribution in [0.5, 0.6) is 11.5 Å². The first kappa shape index (κ1) is 54.8. The Labute approximate surface area is 430 Å². The largest absolute Gasteiger partial charge is 0.481 e. The van der Waals surface area contributed by atoms with Gasteiger partial charge in [0, 0.05) is 67.8 Å². The molecular weight excluding hydrogens is 1100 g/mol. The van der Waals surface area contributed by atoms with Crippen LogP contribution in [0.25, 0.3) is 10.4 Å². The summed E-state index contributed by atoms with van der Waals surface area (Å²) in [6, 6.07) is 10.3. The smallest absolute Gasteiger partial charge is 0.406 e. The van der Waals surface area contributed by atoms with Gasteiger partial charge in [-0.15, -0.1) is 11.3 Å². The molecular formula is C50H63BrN8O8S2Sn. The van der Waals surface area contributed by atoms with E-state index < -0.39 is 28.2 Å². The predicted molar refractivity (Wildman–Crippen MR) is 280 cm³/mol. The first-order chi connectivity index (χ1) is 34.1. The van der Waals surface area contributed by atoms with E-state index in [9.17, 15) is 20.2 Å². The quantitative estimate of drug-likeness (QED) is 0.0374. The van der Waals surface area contributed by atoms with Gasteiger partial charge in [-0.1, -0.05) is 0 Å². The average molecular weight is 1170 g/mol. The summed E-state index contributed by atoms with van der Waals surface area (Å²) < 4.78 is 29.1. The number of unbranched alkanes of at least 4 members (excludes halogenated alkanes) is 3. The number of rotatable bonds is 21. The van der Waals surface area contributed by atoms with Crippen molar-refractivity contribution < 1.29 is 28.8 Å². The van der Waals surface area contributed by atoms with E-state index >= 15 is 0 Å². The van der Waals surface area contributed by atoms with E-state index in [1.165, 1.54) is 74.8 Å². The maximum absolute atomic E-state index is 11.3. The van der Waals surface area contributed by atoms with Crippen molar-refractivity contribution in [1.29, 1.82) is 0 Å². The Bertz CT molecular complexity index is 2490. The van der Waals surface area contributed by atoms with E-state index in [1.54, 1.807) is 88.9 Å². The molecule has 16 nitrogen and oxygen atoms in total. The molecule has 20 heteroatoms. The number of hydrogen-bond acceptors (Lipinski definition) is 16. The summed E-state index contributed by atoms with van der Waals surface area (Å²) in [7, 11) is 0. The minimum atomic E-state index is -2.25. The van der Waals surface area contributed by atoms with Gasteiger partial charge >= 0.3 is 170 Å². The van der Waals surface area contributed by atoms with Crippen molar-refractivity contribution in [2.45, 2.75) is 123 Å². The molecule has 8 rings (SSSR count). The fraction of sp³-hybridized carbons (Fsp3) is 0.480. The fourth-order valence-corrected chi connectivity index (χ4v) is 29.5. The molecule has 6 aromatic heterocycles. The molecule has 0 bridgehead atoms. The van der Waals surface area contributed by atoms with E-state index in [-0.39, 0.29) is 36.3 Å². The number of ether oxygens (including phenoxy) is 4. The van der Waals surface area contributed by atoms with Crippen LogP contribution in [0.3, 0.4) is 0 Å². The maximum atomic E-state index is 11.3. The zero-order valence-corrected chi connectivity index (χ0v) is 46.3. The number of thiazole rings is 2. The Morgan fingerprint density at radius 1 is 0.643 bits per heavy atom. The van der Waals surface area contributed by atoms with Gasteiger partial charge in [0.15, 0.2) is 6.20 Å². The summed E-state index contributed by atoms with van der Waals surface area (Å²) >= 11 is 4.66. The molecule has 2 aliphatic heterocycles. The summed E-state index contributed by atoms with van der Waals surface area (Å²) in [6.45, 7) is 10.9. The zero-order chi connectivity index (χ0) is 49.6. The van der Waals surface area contributed by atoms with Crippen molar-refractivity contribution in [3.8, 4) is 21.9 Å². The standard InChI is InChI=1S/C19H18N4O4S.C11H8BrN3O3.C8H10NOS.3C4H9.Sn/c24-23(25)18-16(27-12-13-1-5-20-6-2-13)9-15(10-21-18)17-11-22-19(28-17)14-3-7-26-8-4-14;12-9-5-10(11(14-6-9)15(16)17)18-7-8-1-3-13-4-2-8;1-4-10-5-2-7(1)8-9-3-6-11-8;3*1-3-4-2;/h1-2,5-6,9-11,14H,3-4,7-8,12H2;1-6H,7H2;3,7H,1-2,4-5H2;3*1,3-4H2,2H3;. The Morgan fingerprint density at radius 2 is 1.10 bits per heavy atom. The molecule has 0 atom stereocenters. The van der Waals surface area contributed by atoms with Crippen LogP contribution in [0.2, 0.25) is 13.3 Å². The van der Waals surface area contributed by atoms with Crippen LogP contribution < -0.4 is 12.4 Å². The second-order valence-corrected chi connectivity index (χ2v) is 34.5. The molecule has 0 amide bonds. The van der Waals surface area contributed by atoms with Crippen LogP contribution in [0.4, 0.5) is 11.6 Å². The van der Waals surface area contributed by atoms with Crippen molar-refractivity contribution in [3.05, 3.63) is 132 Å². The second-order valence-electron chi connectivity index (χ2n) is 17.3. The number of aromatic nitrogens is 6. The van der Waals surface area contributed by atoms with Gasteiger partial charge in [-0.05, 0) is 84.0 Å². The van der Waals surface area contributed by atoms with Crippen LogP contribution in [0.15, 0.2) is 90.4 Å². The van der Waals surface area contributed by atoms with E-state index in [0.29, 0.717) is 16.3 Å². The Morgan fingerprint density at radius 3 is 1.59 bits per heavy atom. The minimum absolute atomic E-state index is 0.131. The van der Waals surface area contributed by atoms with Crippen molar-refractivity contribution in [3.63, 3.8) is 0 Å². The third-order valence-electron chi connectivity index (χ3n) is 12.3. The van der Waals surface area contributed by atoms with Gasteiger partial charge in [0.05, 0.1) is 14.4 Å².